The van der Waals surface area contributed by atoms with Crippen molar-refractivity contribution in [2.45, 2.75) is 26.7 Å². The number of para-hydroxylation sites is 1. The minimum Gasteiger partial charge on any atom is -0.489 e. The van der Waals surface area contributed by atoms with Crippen LogP contribution in [0.3, 0.4) is 0 Å². The quantitative estimate of drug-likeness (QED) is 0.189. The lowest BCUT2D eigenvalue weighted by Crippen LogP contribution is -1.96. The van der Waals surface area contributed by atoms with E-state index in [-0.39, 0.29) is 17.5 Å². The van der Waals surface area contributed by atoms with Crippen molar-refractivity contribution >= 4 is 12.1 Å². The predicted octanol–water partition coefficient (Wildman–Crippen LogP) is 5.84. The Kier molecular flexibility index (Phi) is 7.07. The van der Waals surface area contributed by atoms with E-state index in [1.165, 1.54) is 0 Å². The van der Waals surface area contributed by atoms with E-state index in [0.29, 0.717) is 12.5 Å². The Morgan fingerprint density at radius 2 is 2.06 bits per heavy atom. The maximum absolute atomic E-state index is 9.36. The second-order valence-corrected chi connectivity index (χ2v) is 8.16. The van der Waals surface area contributed by atoms with Crippen molar-refractivity contribution in [2.75, 3.05) is 12.0 Å². The molecule has 4 rings (SSSR count). The minimum absolute atomic E-state index is 0.0546. The van der Waals surface area contributed by atoms with E-state index >= 15 is 0 Å². The fourth-order valence-electron chi connectivity index (χ4n) is 3.42. The summed E-state index contributed by atoms with van der Waals surface area (Å²) in [6.45, 7) is 10.0. The van der Waals surface area contributed by atoms with Gasteiger partial charge < -0.3 is 9.15 Å². The molecule has 0 aliphatic carbocycles. The number of hydrogen-bond donors (Lipinski definition) is 1. The topological polar surface area (TPSA) is 101 Å². The Morgan fingerprint density at radius 1 is 1.26 bits per heavy atom. The normalized spacial score (nSPS) is 11.1. The molecule has 0 amide bonds. The predicted molar refractivity (Wildman–Crippen MR) is 136 cm³/mol. The molecule has 0 aliphatic rings. The van der Waals surface area contributed by atoms with E-state index in [1.54, 1.807) is 17.0 Å². The highest BCUT2D eigenvalue weighted by atomic mass is 16.5. The number of hydrazone groups is 1. The summed E-state index contributed by atoms with van der Waals surface area (Å²) in [5, 5.41) is 18.5. The molecule has 0 fully saturated rings. The SMILES string of the molecule is C=CCOc1ccc(-c2nn(-c3ccccc3)cc2/C=N/Nc2oc(C(C)C)nc2C#N)cc1C. The Bertz CT molecular complexity index is 1390. The second-order valence-electron chi connectivity index (χ2n) is 8.16. The number of hydrogen-bond acceptors (Lipinski definition) is 7. The molecule has 0 bridgehead atoms. The molecule has 0 spiro atoms. The Hall–Kier alpha value is -4.64. The number of rotatable bonds is 9. The van der Waals surface area contributed by atoms with Crippen molar-refractivity contribution in [3.05, 3.63) is 90.1 Å². The molecule has 2 heterocycles. The zero-order chi connectivity index (χ0) is 24.8. The van der Waals surface area contributed by atoms with Gasteiger partial charge in [0.05, 0.1) is 11.9 Å². The first-order chi connectivity index (χ1) is 17.0. The van der Waals surface area contributed by atoms with Gasteiger partial charge in [-0.2, -0.15) is 15.5 Å². The van der Waals surface area contributed by atoms with Gasteiger partial charge in [0, 0.05) is 23.2 Å². The van der Waals surface area contributed by atoms with Crippen LogP contribution in [0, 0.1) is 18.3 Å². The number of nitrogens with zero attached hydrogens (tertiary/aromatic N) is 5. The van der Waals surface area contributed by atoms with Gasteiger partial charge >= 0.3 is 0 Å². The first-order valence-electron chi connectivity index (χ1n) is 11.2. The molecule has 0 unspecified atom stereocenters. The van der Waals surface area contributed by atoms with Crippen molar-refractivity contribution < 1.29 is 9.15 Å². The van der Waals surface area contributed by atoms with E-state index in [1.807, 2.05) is 81.6 Å². The van der Waals surface area contributed by atoms with Crippen LogP contribution in [0.4, 0.5) is 5.88 Å². The van der Waals surface area contributed by atoms with Gasteiger partial charge in [0.15, 0.2) is 0 Å². The first-order valence-corrected chi connectivity index (χ1v) is 11.2. The van der Waals surface area contributed by atoms with E-state index in [2.05, 4.69) is 22.1 Å². The molecular weight excluding hydrogens is 440 g/mol. The summed E-state index contributed by atoms with van der Waals surface area (Å²) in [6, 6.07) is 17.8. The zero-order valence-electron chi connectivity index (χ0n) is 19.9. The largest absolute Gasteiger partial charge is 0.489 e. The van der Waals surface area contributed by atoms with Crippen LogP contribution in [0.2, 0.25) is 0 Å². The molecule has 0 saturated heterocycles. The maximum Gasteiger partial charge on any atom is 0.252 e. The number of benzene rings is 2. The van der Waals surface area contributed by atoms with Gasteiger partial charge in [-0.25, -0.2) is 15.1 Å². The lowest BCUT2D eigenvalue weighted by atomic mass is 10.1. The van der Waals surface area contributed by atoms with E-state index in [4.69, 9.17) is 14.3 Å². The maximum atomic E-state index is 9.36. The highest BCUT2D eigenvalue weighted by molar-refractivity contribution is 5.89. The summed E-state index contributed by atoms with van der Waals surface area (Å²) in [5.74, 6) is 1.54. The smallest absolute Gasteiger partial charge is 0.252 e. The molecule has 176 valence electrons. The Morgan fingerprint density at radius 3 is 2.74 bits per heavy atom. The van der Waals surface area contributed by atoms with Gasteiger partial charge in [-0.1, -0.05) is 44.7 Å². The third kappa shape index (κ3) is 5.31. The van der Waals surface area contributed by atoms with E-state index in [0.717, 1.165) is 33.8 Å². The second kappa shape index (κ2) is 10.5. The average Bonchev–Trinajstić information content (AvgIpc) is 3.48. The van der Waals surface area contributed by atoms with Crippen LogP contribution in [0.5, 0.6) is 5.75 Å². The molecule has 8 nitrogen and oxygen atoms in total. The van der Waals surface area contributed by atoms with Crippen LogP contribution >= 0.6 is 0 Å². The summed E-state index contributed by atoms with van der Waals surface area (Å²) in [4.78, 5) is 4.20. The number of aryl methyl sites for hydroxylation is 1. The molecular formula is C27H26N6O2. The van der Waals surface area contributed by atoms with Crippen LogP contribution in [-0.2, 0) is 0 Å². The van der Waals surface area contributed by atoms with Crippen LogP contribution in [-0.4, -0.2) is 27.6 Å². The van der Waals surface area contributed by atoms with Crippen LogP contribution in [0.1, 0.15) is 42.5 Å². The molecule has 0 radical (unpaired) electrons. The fraction of sp³-hybridized carbons (Fsp3) is 0.185. The van der Waals surface area contributed by atoms with Crippen molar-refractivity contribution in [2.24, 2.45) is 5.10 Å². The number of aromatic nitrogens is 3. The number of nitrogens with one attached hydrogen (secondary N) is 1. The van der Waals surface area contributed by atoms with Gasteiger partial charge in [0.25, 0.3) is 5.88 Å². The highest BCUT2D eigenvalue weighted by Gasteiger charge is 2.16. The van der Waals surface area contributed by atoms with Gasteiger partial charge in [0.1, 0.15) is 24.1 Å². The summed E-state index contributed by atoms with van der Waals surface area (Å²) >= 11 is 0. The molecule has 2 aromatic heterocycles. The summed E-state index contributed by atoms with van der Waals surface area (Å²) in [7, 11) is 0. The minimum atomic E-state index is 0.0546. The third-order valence-electron chi connectivity index (χ3n) is 5.18. The summed E-state index contributed by atoms with van der Waals surface area (Å²) in [6.07, 6.45) is 5.27. The molecule has 8 heteroatoms. The van der Waals surface area contributed by atoms with Crippen LogP contribution in [0.25, 0.3) is 16.9 Å². The van der Waals surface area contributed by atoms with Crippen molar-refractivity contribution in [3.8, 4) is 28.8 Å². The summed E-state index contributed by atoms with van der Waals surface area (Å²) in [5.41, 5.74) is 7.33. The first kappa shape index (κ1) is 23.5. The average molecular weight is 467 g/mol. The van der Waals surface area contributed by atoms with Gasteiger partial charge in [-0.3, -0.25) is 0 Å². The van der Waals surface area contributed by atoms with Crippen LogP contribution < -0.4 is 10.2 Å². The molecule has 1 N–H and O–H groups in total. The van der Waals surface area contributed by atoms with Crippen LogP contribution in [0.15, 0.2) is 76.9 Å². The standard InChI is InChI=1S/C27H26N6O2/c1-5-13-34-24-12-11-20(14-19(24)4)25-21(17-33(32-25)22-9-7-6-8-10-22)16-29-31-27-23(15-28)30-26(35-27)18(2)3/h5-12,14,16-18,31H,1,13H2,2-4H3/b29-16+. The number of ether oxygens (including phenoxy) is 1. The van der Waals surface area contributed by atoms with E-state index in [9.17, 15) is 5.26 Å². The molecule has 35 heavy (non-hydrogen) atoms. The van der Waals surface area contributed by atoms with Gasteiger partial charge in [-0.15, -0.1) is 0 Å². The lowest BCUT2D eigenvalue weighted by molar-refractivity contribution is 0.361. The Labute approximate surface area is 204 Å². The van der Waals surface area contributed by atoms with E-state index < -0.39 is 0 Å². The molecule has 2 aromatic carbocycles. The van der Waals surface area contributed by atoms with Crippen molar-refractivity contribution in [3.63, 3.8) is 0 Å². The number of oxazole rings is 1. The molecule has 4 aromatic rings. The van der Waals surface area contributed by atoms with Crippen molar-refractivity contribution in [1.29, 1.82) is 5.26 Å². The Balaban J connectivity index is 1.68. The number of nitriles is 1. The molecule has 0 atom stereocenters. The summed E-state index contributed by atoms with van der Waals surface area (Å²) < 4.78 is 13.2. The zero-order valence-corrected chi connectivity index (χ0v) is 19.9. The fourth-order valence-corrected chi connectivity index (χ4v) is 3.42. The number of anilines is 1. The van der Waals surface area contributed by atoms with Crippen molar-refractivity contribution in [1.82, 2.24) is 14.8 Å². The molecule has 0 aliphatic heterocycles. The van der Waals surface area contributed by atoms with Gasteiger partial charge in [-0.05, 0) is 42.8 Å². The highest BCUT2D eigenvalue weighted by Crippen LogP contribution is 2.28. The van der Waals surface area contributed by atoms with Gasteiger partial charge in [0.2, 0.25) is 11.6 Å². The monoisotopic (exact) mass is 466 g/mol. The lowest BCUT2D eigenvalue weighted by Gasteiger charge is -2.08. The third-order valence-corrected chi connectivity index (χ3v) is 5.18. The molecule has 0 saturated carbocycles.